The fraction of sp³-hybridized carbons (Fsp3) is 0. The molecule has 0 N–H and O–H groups in total. The highest BCUT2D eigenvalue weighted by Gasteiger charge is 2.23. The highest BCUT2D eigenvalue weighted by molar-refractivity contribution is 8.22. The lowest BCUT2D eigenvalue weighted by molar-refractivity contribution is 1.71. The number of rotatable bonds is 6. The van der Waals surface area contributed by atoms with Gasteiger partial charge in [-0.2, -0.15) is 9.53 Å². The highest BCUT2D eigenvalue weighted by atomic mass is 32.4. The van der Waals surface area contributed by atoms with Crippen molar-refractivity contribution in [2.24, 2.45) is 9.53 Å². The van der Waals surface area contributed by atoms with Crippen LogP contribution in [0.2, 0.25) is 0 Å². The van der Waals surface area contributed by atoms with E-state index in [0.717, 1.165) is 21.2 Å². The molecule has 0 aliphatic rings. The van der Waals surface area contributed by atoms with E-state index in [1.807, 2.05) is 121 Å². The summed E-state index contributed by atoms with van der Waals surface area (Å²) >= 11 is 12.3. The van der Waals surface area contributed by atoms with E-state index in [4.69, 9.17) is 33.1 Å². The number of nitrogens with zero attached hydrogens (tertiary/aromatic N) is 2. The van der Waals surface area contributed by atoms with E-state index in [1.165, 1.54) is 0 Å². The fourth-order valence-corrected chi connectivity index (χ4v) is 8.65. The summed E-state index contributed by atoms with van der Waals surface area (Å²) in [6, 6.07) is 43.1. The molecule has 0 saturated carbocycles. The van der Waals surface area contributed by atoms with E-state index in [1.54, 1.807) is 0 Å². The smallest absolute Gasteiger partial charge is 0.124 e. The molecule has 4 aromatic carbocycles. The fourth-order valence-electron chi connectivity index (χ4n) is 3.20. The minimum absolute atomic E-state index is 1.01. The van der Waals surface area contributed by atoms with Crippen molar-refractivity contribution in [3.8, 4) is 0 Å². The molecule has 2 nitrogen and oxygen atoms in total. The Morgan fingerprint density at radius 1 is 0.419 bits per heavy atom. The molecule has 0 unspecified atom stereocenters. The van der Waals surface area contributed by atoms with Gasteiger partial charge in [0.1, 0.15) is 12.4 Å². The summed E-state index contributed by atoms with van der Waals surface area (Å²) < 4.78 is 9.61. The number of benzene rings is 4. The molecular formula is C25H20N2P2S2. The summed E-state index contributed by atoms with van der Waals surface area (Å²) in [7, 11) is 0. The molecule has 0 radical (unpaired) electrons. The summed E-state index contributed by atoms with van der Waals surface area (Å²) in [5.74, 6) is 0. The van der Waals surface area contributed by atoms with Gasteiger partial charge in [0.2, 0.25) is 0 Å². The third-order valence-corrected chi connectivity index (χ3v) is 12.6. The second kappa shape index (κ2) is 9.79. The van der Waals surface area contributed by atoms with E-state index in [9.17, 15) is 0 Å². The van der Waals surface area contributed by atoms with Crippen LogP contribution in [-0.2, 0) is 23.6 Å². The predicted molar refractivity (Wildman–Crippen MR) is 143 cm³/mol. The molecule has 0 aliphatic heterocycles. The average Bonchev–Trinajstić information content (AvgIpc) is 2.86. The van der Waals surface area contributed by atoms with Gasteiger partial charge in [0, 0.05) is 21.2 Å². The second-order valence-corrected chi connectivity index (χ2v) is 14.7. The van der Waals surface area contributed by atoms with Crippen molar-refractivity contribution in [2.75, 3.05) is 0 Å². The van der Waals surface area contributed by atoms with Crippen LogP contribution in [0.25, 0.3) is 0 Å². The first kappa shape index (κ1) is 21.8. The number of hydrogen-bond donors (Lipinski definition) is 0. The molecule has 0 aliphatic carbocycles. The summed E-state index contributed by atoms with van der Waals surface area (Å²) in [6.07, 6.45) is -4.94. The molecule has 0 amide bonds. The molecule has 0 heterocycles. The van der Waals surface area contributed by atoms with Crippen LogP contribution >= 0.6 is 12.4 Å². The maximum Gasteiger partial charge on any atom is 0.124 e. The normalized spacial score (nSPS) is 11.4. The summed E-state index contributed by atoms with van der Waals surface area (Å²) in [5.41, 5.74) is 0. The molecular weight excluding hydrogens is 454 g/mol. The lowest BCUT2D eigenvalue weighted by atomic mass is 10.4. The molecule has 0 atom stereocenters. The predicted octanol–water partition coefficient (Wildman–Crippen LogP) is 5.25. The van der Waals surface area contributed by atoms with Gasteiger partial charge in [-0.25, -0.2) is 0 Å². The number of hydrogen-bond acceptors (Lipinski definition) is 2. The zero-order chi connectivity index (χ0) is 21.6. The molecule has 31 heavy (non-hydrogen) atoms. The lowest BCUT2D eigenvalue weighted by Gasteiger charge is -2.18. The minimum atomic E-state index is -2.47. The van der Waals surface area contributed by atoms with E-state index in [2.05, 4.69) is 6.01 Å². The SMILES string of the molecule is S=P(N=C=NP(=S)(c1ccccc1)c1ccccc1)(c1ccccc1)c1ccccc1. The van der Waals surface area contributed by atoms with Crippen molar-refractivity contribution in [3.05, 3.63) is 121 Å². The van der Waals surface area contributed by atoms with E-state index >= 15 is 0 Å². The van der Waals surface area contributed by atoms with Crippen molar-refractivity contribution in [1.82, 2.24) is 0 Å². The molecule has 0 aromatic heterocycles. The summed E-state index contributed by atoms with van der Waals surface area (Å²) in [5, 5.41) is 4.02. The Morgan fingerprint density at radius 2 is 0.645 bits per heavy atom. The molecule has 0 spiro atoms. The second-order valence-electron chi connectivity index (χ2n) is 6.79. The van der Waals surface area contributed by atoms with Gasteiger partial charge in [0.25, 0.3) is 0 Å². The Hall–Kier alpha value is -2.44. The van der Waals surface area contributed by atoms with Gasteiger partial charge in [0.15, 0.2) is 0 Å². The van der Waals surface area contributed by atoms with Gasteiger partial charge in [-0.3, -0.25) is 0 Å². The summed E-state index contributed by atoms with van der Waals surface area (Å²) in [4.78, 5) is 0. The van der Waals surface area contributed by atoms with Crippen LogP contribution in [0, 0.1) is 0 Å². The van der Waals surface area contributed by atoms with Crippen LogP contribution in [0.1, 0.15) is 0 Å². The van der Waals surface area contributed by atoms with Crippen LogP contribution in [0.3, 0.4) is 0 Å². The van der Waals surface area contributed by atoms with Gasteiger partial charge >= 0.3 is 0 Å². The molecule has 6 heteroatoms. The summed E-state index contributed by atoms with van der Waals surface area (Å²) in [6.45, 7) is 0. The first-order chi connectivity index (χ1) is 15.1. The van der Waals surface area contributed by atoms with Gasteiger partial charge in [-0.1, -0.05) is 145 Å². The van der Waals surface area contributed by atoms with Crippen molar-refractivity contribution in [1.29, 1.82) is 0 Å². The first-order valence-corrected chi connectivity index (χ1v) is 15.3. The Bertz CT molecular complexity index is 1120. The Labute approximate surface area is 193 Å². The average molecular weight is 475 g/mol. The van der Waals surface area contributed by atoms with Gasteiger partial charge in [-0.15, -0.1) is 0 Å². The van der Waals surface area contributed by atoms with Crippen LogP contribution < -0.4 is 21.2 Å². The minimum Gasteiger partial charge on any atom is -0.183 e. The monoisotopic (exact) mass is 474 g/mol. The Balaban J connectivity index is 1.87. The van der Waals surface area contributed by atoms with E-state index in [0.29, 0.717) is 0 Å². The molecule has 0 bridgehead atoms. The molecule has 4 aromatic rings. The lowest BCUT2D eigenvalue weighted by Crippen LogP contribution is -2.14. The van der Waals surface area contributed by atoms with Gasteiger partial charge < -0.3 is 0 Å². The maximum absolute atomic E-state index is 6.16. The molecule has 4 rings (SSSR count). The quantitative estimate of drug-likeness (QED) is 0.282. The Kier molecular flexibility index (Phi) is 6.88. The maximum atomic E-state index is 6.16. The van der Waals surface area contributed by atoms with Crippen molar-refractivity contribution in [3.63, 3.8) is 0 Å². The van der Waals surface area contributed by atoms with Crippen molar-refractivity contribution < 1.29 is 0 Å². The molecule has 0 fully saturated rings. The zero-order valence-electron chi connectivity index (χ0n) is 16.7. The van der Waals surface area contributed by atoms with Crippen LogP contribution in [0.5, 0.6) is 0 Å². The highest BCUT2D eigenvalue weighted by Crippen LogP contribution is 2.47. The third-order valence-electron chi connectivity index (χ3n) is 4.80. The molecule has 0 saturated heterocycles. The zero-order valence-corrected chi connectivity index (χ0v) is 20.1. The third kappa shape index (κ3) is 4.75. The van der Waals surface area contributed by atoms with Crippen LogP contribution in [-0.4, -0.2) is 6.01 Å². The molecule has 152 valence electrons. The van der Waals surface area contributed by atoms with Gasteiger partial charge in [-0.05, 0) is 0 Å². The van der Waals surface area contributed by atoms with E-state index < -0.39 is 12.4 Å². The standard InChI is InChI=1S/C25H20N2P2S2/c30-28(22-13-5-1-6-14-22,23-15-7-2-8-16-23)26-21-27-29(31,24-17-9-3-10-18-24)25-19-11-4-12-20-25/h1-20H. The van der Waals surface area contributed by atoms with Gasteiger partial charge in [0.05, 0.1) is 6.01 Å². The topological polar surface area (TPSA) is 24.7 Å². The largest absolute Gasteiger partial charge is 0.183 e. The van der Waals surface area contributed by atoms with Crippen LogP contribution in [0.15, 0.2) is 131 Å². The Morgan fingerprint density at radius 3 is 0.871 bits per heavy atom. The first-order valence-electron chi connectivity index (χ1n) is 9.75. The van der Waals surface area contributed by atoms with E-state index in [-0.39, 0.29) is 0 Å². The van der Waals surface area contributed by atoms with Crippen molar-refractivity contribution in [2.45, 2.75) is 0 Å². The van der Waals surface area contributed by atoms with Crippen LogP contribution in [0.4, 0.5) is 0 Å². The van der Waals surface area contributed by atoms with Crippen molar-refractivity contribution >= 4 is 63.2 Å².